The summed E-state index contributed by atoms with van der Waals surface area (Å²) < 4.78 is 30.6. The number of hydrogen-bond acceptors (Lipinski definition) is 2. The maximum Gasteiger partial charge on any atom is 0.335 e. The molecule has 0 aromatic carbocycles. The van der Waals surface area contributed by atoms with Crippen molar-refractivity contribution in [2.75, 3.05) is 13.1 Å². The van der Waals surface area contributed by atoms with Crippen LogP contribution < -0.4 is 0 Å². The van der Waals surface area contributed by atoms with Gasteiger partial charge in [0.2, 0.25) is 0 Å². The van der Waals surface area contributed by atoms with Gasteiger partial charge in [0.05, 0.1) is 0 Å². The summed E-state index contributed by atoms with van der Waals surface area (Å²) in [5.74, 6) is 0. The molecule has 0 amide bonds. The Morgan fingerprint density at radius 2 is 1.55 bits per heavy atom. The van der Waals surface area contributed by atoms with Crippen LogP contribution in [0.5, 0.6) is 0 Å². The highest BCUT2D eigenvalue weighted by molar-refractivity contribution is 7.83. The zero-order valence-electron chi connectivity index (χ0n) is 6.06. The minimum absolute atomic E-state index is 0. The molecular weight excluding hydrogens is 190 g/mol. The first-order chi connectivity index (χ1) is 4.61. The quantitative estimate of drug-likeness (QED) is 0.636. The summed E-state index contributed by atoms with van der Waals surface area (Å²) in [5.41, 5.74) is 0. The molecule has 1 aliphatic heterocycles. The molecule has 1 aliphatic rings. The fourth-order valence-corrected chi connectivity index (χ4v) is 1.82. The van der Waals surface area contributed by atoms with E-state index in [0.29, 0.717) is 13.1 Å². The molecule has 0 aromatic rings. The number of rotatable bonds is 1. The van der Waals surface area contributed by atoms with Crippen molar-refractivity contribution in [1.82, 2.24) is 4.31 Å². The molecule has 0 radical (unpaired) electrons. The molecule has 4 nitrogen and oxygen atoms in total. The Balaban J connectivity index is 0.000001000. The standard InChI is InChI=1S/C5H11NO3S.ClH/c7-10(8,9)6-4-2-1-3-5-6;/h1-5H2,(H,7,8,9);1H. The van der Waals surface area contributed by atoms with Crippen molar-refractivity contribution in [2.24, 2.45) is 0 Å². The first-order valence-electron chi connectivity index (χ1n) is 3.33. The van der Waals surface area contributed by atoms with Crippen LogP contribution in [0.25, 0.3) is 0 Å². The Labute approximate surface area is 72.9 Å². The maximum atomic E-state index is 10.5. The van der Waals surface area contributed by atoms with Crippen LogP contribution in [0.3, 0.4) is 0 Å². The Morgan fingerprint density at radius 3 is 1.82 bits per heavy atom. The van der Waals surface area contributed by atoms with Crippen LogP contribution in [0.15, 0.2) is 0 Å². The van der Waals surface area contributed by atoms with Crippen LogP contribution in [0.4, 0.5) is 0 Å². The van der Waals surface area contributed by atoms with Crippen molar-refractivity contribution in [1.29, 1.82) is 0 Å². The predicted octanol–water partition coefficient (Wildman–Crippen LogP) is 0.697. The van der Waals surface area contributed by atoms with Crippen molar-refractivity contribution < 1.29 is 13.0 Å². The van der Waals surface area contributed by atoms with E-state index >= 15 is 0 Å². The normalized spacial score (nSPS) is 20.8. The van der Waals surface area contributed by atoms with Crippen LogP contribution in [-0.4, -0.2) is 30.4 Å². The highest BCUT2D eigenvalue weighted by Gasteiger charge is 2.20. The van der Waals surface area contributed by atoms with Gasteiger partial charge < -0.3 is 0 Å². The average Bonchev–Trinajstić information content (AvgIpc) is 1.88. The van der Waals surface area contributed by atoms with Gasteiger partial charge in [0.25, 0.3) is 0 Å². The molecule has 0 spiro atoms. The van der Waals surface area contributed by atoms with E-state index in [9.17, 15) is 8.42 Å². The SMILES string of the molecule is Cl.O=S(=O)(O)N1CCCCC1. The Kier molecular flexibility index (Phi) is 4.31. The molecule has 0 saturated carbocycles. The second-order valence-corrected chi connectivity index (χ2v) is 3.85. The van der Waals surface area contributed by atoms with E-state index in [1.165, 1.54) is 0 Å². The molecule has 1 N–H and O–H groups in total. The molecule has 0 aromatic heterocycles. The lowest BCUT2D eigenvalue weighted by Crippen LogP contribution is -2.34. The number of hydrogen-bond donors (Lipinski definition) is 1. The molecule has 1 fully saturated rings. The topological polar surface area (TPSA) is 57.6 Å². The molecule has 0 aliphatic carbocycles. The van der Waals surface area contributed by atoms with Crippen LogP contribution in [-0.2, 0) is 10.3 Å². The molecule has 0 unspecified atom stereocenters. The molecule has 0 bridgehead atoms. The fraction of sp³-hybridized carbons (Fsp3) is 1.00. The van der Waals surface area contributed by atoms with Gasteiger partial charge in [0.1, 0.15) is 0 Å². The Hall–Kier alpha value is 0.160. The van der Waals surface area contributed by atoms with E-state index in [2.05, 4.69) is 0 Å². The van der Waals surface area contributed by atoms with Gasteiger partial charge in [-0.3, -0.25) is 4.55 Å². The van der Waals surface area contributed by atoms with Gasteiger partial charge in [-0.25, -0.2) is 0 Å². The Morgan fingerprint density at radius 1 is 1.09 bits per heavy atom. The molecule has 6 heteroatoms. The molecule has 1 saturated heterocycles. The minimum atomic E-state index is -3.89. The maximum absolute atomic E-state index is 10.5. The highest BCUT2D eigenvalue weighted by atomic mass is 35.5. The van der Waals surface area contributed by atoms with Crippen LogP contribution in [0, 0.1) is 0 Å². The number of piperidine rings is 1. The van der Waals surface area contributed by atoms with Gasteiger partial charge >= 0.3 is 10.3 Å². The lowest BCUT2D eigenvalue weighted by atomic mass is 10.2. The van der Waals surface area contributed by atoms with Crippen LogP contribution in [0.1, 0.15) is 19.3 Å². The van der Waals surface area contributed by atoms with E-state index in [0.717, 1.165) is 23.6 Å². The van der Waals surface area contributed by atoms with Crippen molar-refractivity contribution in [3.05, 3.63) is 0 Å². The van der Waals surface area contributed by atoms with E-state index in [-0.39, 0.29) is 12.4 Å². The highest BCUT2D eigenvalue weighted by Crippen LogP contribution is 2.10. The predicted molar refractivity (Wildman–Crippen MR) is 44.2 cm³/mol. The van der Waals surface area contributed by atoms with Crippen molar-refractivity contribution >= 4 is 22.7 Å². The number of nitrogens with zero attached hydrogens (tertiary/aromatic N) is 1. The second-order valence-electron chi connectivity index (χ2n) is 2.44. The van der Waals surface area contributed by atoms with Crippen molar-refractivity contribution in [3.63, 3.8) is 0 Å². The molecular formula is C5H12ClNO3S. The lowest BCUT2D eigenvalue weighted by molar-refractivity contribution is 0.308. The minimum Gasteiger partial charge on any atom is -0.273 e. The summed E-state index contributed by atoms with van der Waals surface area (Å²) in [4.78, 5) is 0. The van der Waals surface area contributed by atoms with E-state index in [1.807, 2.05) is 0 Å². The molecule has 68 valence electrons. The average molecular weight is 202 g/mol. The summed E-state index contributed by atoms with van der Waals surface area (Å²) >= 11 is 0. The summed E-state index contributed by atoms with van der Waals surface area (Å²) in [6.45, 7) is 0.942. The fourth-order valence-electron chi connectivity index (χ4n) is 1.10. The second kappa shape index (κ2) is 4.25. The van der Waals surface area contributed by atoms with Crippen molar-refractivity contribution in [3.8, 4) is 0 Å². The zero-order valence-corrected chi connectivity index (χ0v) is 7.70. The first-order valence-corrected chi connectivity index (χ1v) is 4.73. The zero-order chi connectivity index (χ0) is 7.61. The van der Waals surface area contributed by atoms with Gasteiger partial charge in [-0.05, 0) is 12.8 Å². The van der Waals surface area contributed by atoms with E-state index in [1.54, 1.807) is 0 Å². The smallest absolute Gasteiger partial charge is 0.273 e. The van der Waals surface area contributed by atoms with E-state index < -0.39 is 10.3 Å². The molecule has 1 rings (SSSR count). The summed E-state index contributed by atoms with van der Waals surface area (Å²) in [7, 11) is -3.89. The third-order valence-corrected chi connectivity index (χ3v) is 2.66. The third kappa shape index (κ3) is 3.37. The molecule has 1 heterocycles. The molecule has 11 heavy (non-hydrogen) atoms. The first kappa shape index (κ1) is 11.2. The van der Waals surface area contributed by atoms with Crippen molar-refractivity contribution in [2.45, 2.75) is 19.3 Å². The van der Waals surface area contributed by atoms with Gasteiger partial charge in [-0.1, -0.05) is 6.42 Å². The van der Waals surface area contributed by atoms with Crippen LogP contribution in [0.2, 0.25) is 0 Å². The summed E-state index contributed by atoms with van der Waals surface area (Å²) in [6, 6.07) is 0. The van der Waals surface area contributed by atoms with Crippen LogP contribution >= 0.6 is 12.4 Å². The molecule has 0 atom stereocenters. The largest absolute Gasteiger partial charge is 0.335 e. The van der Waals surface area contributed by atoms with E-state index in [4.69, 9.17) is 4.55 Å². The van der Waals surface area contributed by atoms with Gasteiger partial charge in [0.15, 0.2) is 0 Å². The third-order valence-electron chi connectivity index (χ3n) is 1.64. The Bertz CT molecular complexity index is 198. The van der Waals surface area contributed by atoms with Gasteiger partial charge in [-0.2, -0.15) is 12.7 Å². The summed E-state index contributed by atoms with van der Waals surface area (Å²) in [5, 5.41) is 0. The van der Waals surface area contributed by atoms with Gasteiger partial charge in [0, 0.05) is 13.1 Å². The number of halogens is 1. The lowest BCUT2D eigenvalue weighted by Gasteiger charge is -2.22. The monoisotopic (exact) mass is 201 g/mol. The summed E-state index contributed by atoms with van der Waals surface area (Å²) in [6.07, 6.45) is 2.78. The van der Waals surface area contributed by atoms with Gasteiger partial charge in [-0.15, -0.1) is 12.4 Å².